The Labute approximate surface area is 167 Å². The van der Waals surface area contributed by atoms with Crippen LogP contribution in [0.4, 0.5) is 11.4 Å². The molecule has 29 heavy (non-hydrogen) atoms. The van der Waals surface area contributed by atoms with E-state index in [2.05, 4.69) is 10.3 Å². The molecule has 3 N–H and O–H groups in total. The lowest BCUT2D eigenvalue weighted by atomic mass is 10.1. The Kier molecular flexibility index (Phi) is 6.24. The summed E-state index contributed by atoms with van der Waals surface area (Å²) in [6.07, 6.45) is 4.69. The Morgan fingerprint density at radius 2 is 1.59 bits per heavy atom. The number of nitrogens with two attached hydrogens (primary N) is 1. The lowest BCUT2D eigenvalue weighted by Crippen LogP contribution is -2.44. The van der Waals surface area contributed by atoms with E-state index in [9.17, 15) is 14.4 Å². The van der Waals surface area contributed by atoms with Gasteiger partial charge in [-0.05, 0) is 60.7 Å². The van der Waals surface area contributed by atoms with Gasteiger partial charge in [0, 0.05) is 17.4 Å². The fourth-order valence-electron chi connectivity index (χ4n) is 2.45. The molecule has 0 radical (unpaired) electrons. The monoisotopic (exact) mass is 386 g/mol. The Morgan fingerprint density at radius 1 is 0.897 bits per heavy atom. The number of para-hydroxylation sites is 1. The highest BCUT2D eigenvalue weighted by Gasteiger charge is 2.20. The maximum atomic E-state index is 12.2. The largest absolute Gasteiger partial charge is 0.330 e. The van der Waals surface area contributed by atoms with E-state index in [1.54, 1.807) is 66.9 Å². The van der Waals surface area contributed by atoms with Crippen LogP contribution in [0.15, 0.2) is 85.1 Å². The number of rotatable bonds is 5. The molecule has 0 saturated heterocycles. The normalized spacial score (nSPS) is 10.5. The number of nitrogens with one attached hydrogen (secondary N) is 1. The number of anilines is 2. The van der Waals surface area contributed by atoms with Gasteiger partial charge in [0.2, 0.25) is 0 Å². The molecule has 0 bridgehead atoms. The van der Waals surface area contributed by atoms with Crippen LogP contribution in [0.5, 0.6) is 0 Å². The smallest absolute Gasteiger partial charge is 0.318 e. The first-order valence-corrected chi connectivity index (χ1v) is 8.73. The summed E-state index contributed by atoms with van der Waals surface area (Å²) in [7, 11) is 0. The number of ketones is 1. The molecule has 0 atom stereocenters. The van der Waals surface area contributed by atoms with Crippen molar-refractivity contribution in [2.75, 3.05) is 10.3 Å². The van der Waals surface area contributed by atoms with Crippen molar-refractivity contribution in [3.8, 4) is 0 Å². The van der Waals surface area contributed by atoms with E-state index in [4.69, 9.17) is 5.84 Å². The molecule has 7 nitrogen and oxygen atoms in total. The van der Waals surface area contributed by atoms with E-state index in [-0.39, 0.29) is 5.78 Å². The summed E-state index contributed by atoms with van der Waals surface area (Å²) in [5.41, 5.74) is 1.88. The number of hydrogen-bond acceptors (Lipinski definition) is 5. The van der Waals surface area contributed by atoms with Gasteiger partial charge >= 0.3 is 11.8 Å². The number of hydrogen-bond donors (Lipinski definition) is 2. The highest BCUT2D eigenvalue weighted by molar-refractivity contribution is 6.44. The summed E-state index contributed by atoms with van der Waals surface area (Å²) < 4.78 is 0. The summed E-state index contributed by atoms with van der Waals surface area (Å²) in [5, 5.41) is 3.24. The molecule has 1 aromatic heterocycles. The summed E-state index contributed by atoms with van der Waals surface area (Å²) in [5.74, 6) is 3.71. The number of nitrogens with zero attached hydrogens (tertiary/aromatic N) is 2. The van der Waals surface area contributed by atoms with E-state index >= 15 is 0 Å². The number of carbonyl (C=O) groups is 3. The van der Waals surface area contributed by atoms with Crippen LogP contribution in [-0.2, 0) is 9.59 Å². The summed E-state index contributed by atoms with van der Waals surface area (Å²) in [6, 6.07) is 20.0. The molecule has 0 fully saturated rings. The minimum absolute atomic E-state index is 0.207. The van der Waals surface area contributed by atoms with Crippen LogP contribution < -0.4 is 16.2 Å². The van der Waals surface area contributed by atoms with Gasteiger partial charge in [-0.2, -0.15) is 0 Å². The summed E-state index contributed by atoms with van der Waals surface area (Å²) >= 11 is 0. The molecule has 0 aliphatic rings. The van der Waals surface area contributed by atoms with Crippen LogP contribution in [0.1, 0.15) is 16.1 Å². The van der Waals surface area contributed by atoms with Crippen molar-refractivity contribution in [1.82, 2.24) is 4.98 Å². The van der Waals surface area contributed by atoms with E-state index in [0.29, 0.717) is 22.6 Å². The number of amides is 2. The molecule has 3 rings (SSSR count). The molecular formula is C22H18N4O3. The first-order valence-electron chi connectivity index (χ1n) is 8.73. The zero-order chi connectivity index (χ0) is 20.6. The fourth-order valence-corrected chi connectivity index (χ4v) is 2.45. The molecular weight excluding hydrogens is 368 g/mol. The number of aromatic nitrogens is 1. The lowest BCUT2D eigenvalue weighted by molar-refractivity contribution is -0.134. The van der Waals surface area contributed by atoms with Gasteiger partial charge in [0.1, 0.15) is 0 Å². The molecule has 0 unspecified atom stereocenters. The van der Waals surface area contributed by atoms with Crippen molar-refractivity contribution < 1.29 is 14.4 Å². The topological polar surface area (TPSA) is 105 Å². The third kappa shape index (κ3) is 5.21. The maximum Gasteiger partial charge on any atom is 0.330 e. The Hall–Kier alpha value is -4.10. The van der Waals surface area contributed by atoms with Crippen molar-refractivity contribution >= 4 is 35.0 Å². The van der Waals surface area contributed by atoms with Gasteiger partial charge in [-0.25, -0.2) is 10.9 Å². The lowest BCUT2D eigenvalue weighted by Gasteiger charge is -2.16. The first kappa shape index (κ1) is 19.7. The van der Waals surface area contributed by atoms with Crippen LogP contribution in [-0.4, -0.2) is 22.6 Å². The third-order valence-electron chi connectivity index (χ3n) is 3.97. The van der Waals surface area contributed by atoms with Gasteiger partial charge in [0.05, 0.1) is 11.4 Å². The standard InChI is InChI=1S/C22H18N4O3/c23-26(19-7-2-1-3-8-19)22(29)21(28)25-18-11-9-16(10-12-18)20(27)14-13-17-6-4-5-15-24-17/h1-15H,23H2,(H,25,28)/b14-13+. The highest BCUT2D eigenvalue weighted by Crippen LogP contribution is 2.13. The summed E-state index contributed by atoms with van der Waals surface area (Å²) in [6.45, 7) is 0. The van der Waals surface area contributed by atoms with Crippen LogP contribution in [0.25, 0.3) is 6.08 Å². The SMILES string of the molecule is NN(C(=O)C(=O)Nc1ccc(C(=O)/C=C/c2ccccn2)cc1)c1ccccc1. The predicted molar refractivity (Wildman–Crippen MR) is 111 cm³/mol. The van der Waals surface area contributed by atoms with E-state index in [1.165, 1.54) is 18.2 Å². The van der Waals surface area contributed by atoms with Crippen LogP contribution in [0.3, 0.4) is 0 Å². The second kappa shape index (κ2) is 9.20. The quantitative estimate of drug-likeness (QED) is 0.175. The zero-order valence-corrected chi connectivity index (χ0v) is 15.4. The number of carbonyl (C=O) groups excluding carboxylic acids is 3. The van der Waals surface area contributed by atoms with E-state index in [1.807, 2.05) is 6.07 Å². The molecule has 144 valence electrons. The van der Waals surface area contributed by atoms with Gasteiger partial charge < -0.3 is 5.32 Å². The molecule has 1 heterocycles. The zero-order valence-electron chi connectivity index (χ0n) is 15.4. The number of hydrazine groups is 1. The van der Waals surface area contributed by atoms with Gasteiger partial charge in [-0.1, -0.05) is 24.3 Å². The maximum absolute atomic E-state index is 12.2. The van der Waals surface area contributed by atoms with Crippen molar-refractivity contribution in [2.45, 2.75) is 0 Å². The number of benzene rings is 2. The van der Waals surface area contributed by atoms with Gasteiger partial charge in [-0.3, -0.25) is 19.4 Å². The first-order chi connectivity index (χ1) is 14.0. The van der Waals surface area contributed by atoms with E-state index < -0.39 is 11.8 Å². The van der Waals surface area contributed by atoms with Crippen molar-refractivity contribution in [1.29, 1.82) is 0 Å². The molecule has 2 amide bonds. The average Bonchev–Trinajstić information content (AvgIpc) is 2.78. The molecule has 0 spiro atoms. The van der Waals surface area contributed by atoms with Crippen LogP contribution >= 0.6 is 0 Å². The second-order valence-electron chi connectivity index (χ2n) is 5.99. The minimum atomic E-state index is -0.908. The molecule has 3 aromatic rings. The number of allylic oxidation sites excluding steroid dienone is 1. The van der Waals surface area contributed by atoms with Crippen LogP contribution in [0.2, 0.25) is 0 Å². The van der Waals surface area contributed by atoms with E-state index in [0.717, 1.165) is 5.01 Å². The average molecular weight is 386 g/mol. The molecule has 0 saturated carbocycles. The molecule has 0 aliphatic carbocycles. The molecule has 2 aromatic carbocycles. The third-order valence-corrected chi connectivity index (χ3v) is 3.97. The molecule has 0 aliphatic heterocycles. The fraction of sp³-hybridized carbons (Fsp3) is 0. The van der Waals surface area contributed by atoms with Gasteiger partial charge in [0.15, 0.2) is 5.78 Å². The predicted octanol–water partition coefficient (Wildman–Crippen LogP) is 2.82. The van der Waals surface area contributed by atoms with Crippen molar-refractivity contribution in [2.24, 2.45) is 5.84 Å². The Morgan fingerprint density at radius 3 is 2.24 bits per heavy atom. The summed E-state index contributed by atoms with van der Waals surface area (Å²) in [4.78, 5) is 40.6. The van der Waals surface area contributed by atoms with Gasteiger partial charge in [-0.15, -0.1) is 0 Å². The highest BCUT2D eigenvalue weighted by atomic mass is 16.2. The second-order valence-corrected chi connectivity index (χ2v) is 5.99. The van der Waals surface area contributed by atoms with Crippen LogP contribution in [0, 0.1) is 0 Å². The Bertz CT molecular complexity index is 1030. The Balaban J connectivity index is 1.61. The van der Waals surface area contributed by atoms with Gasteiger partial charge in [0.25, 0.3) is 0 Å². The minimum Gasteiger partial charge on any atom is -0.318 e. The van der Waals surface area contributed by atoms with Crippen molar-refractivity contribution in [3.63, 3.8) is 0 Å². The molecule has 7 heteroatoms. The van der Waals surface area contributed by atoms with Crippen molar-refractivity contribution in [3.05, 3.63) is 96.3 Å². The number of pyridine rings is 1.